The number of piperidine rings is 1. The van der Waals surface area contributed by atoms with Crippen molar-refractivity contribution in [2.24, 2.45) is 0 Å². The Bertz CT molecular complexity index is 616. The number of sulfonamides is 1. The minimum Gasteiger partial charge on any atom is -0.313 e. The molecule has 0 spiro atoms. The fourth-order valence-electron chi connectivity index (χ4n) is 2.18. The van der Waals surface area contributed by atoms with Gasteiger partial charge in [0.05, 0.1) is 4.47 Å². The molecule has 9 heteroatoms. The van der Waals surface area contributed by atoms with Gasteiger partial charge in [0.25, 0.3) is 0 Å². The van der Waals surface area contributed by atoms with Crippen molar-refractivity contribution in [3.63, 3.8) is 0 Å². The van der Waals surface area contributed by atoms with Crippen LogP contribution in [-0.4, -0.2) is 27.0 Å². The molecule has 4 nitrogen and oxygen atoms in total. The molecule has 2 atom stereocenters. The summed E-state index contributed by atoms with van der Waals surface area (Å²) in [5.41, 5.74) is 0. The average Bonchev–Trinajstić information content (AvgIpc) is 2.36. The van der Waals surface area contributed by atoms with Crippen molar-refractivity contribution in [3.8, 4) is 0 Å². The zero-order valence-corrected chi connectivity index (χ0v) is 14.4. The first-order chi connectivity index (χ1) is 9.31. The second-order valence-electron chi connectivity index (χ2n) is 4.81. The number of hydrogen-bond donors (Lipinski definition) is 2. The fraction of sp³-hybridized carbons (Fsp3) is 0.500. The number of halogens is 4. The van der Waals surface area contributed by atoms with E-state index < -0.39 is 26.6 Å². The first-order valence-electron chi connectivity index (χ1n) is 6.21. The molecule has 1 aromatic carbocycles. The topological polar surface area (TPSA) is 58.2 Å². The van der Waals surface area contributed by atoms with Crippen molar-refractivity contribution in [1.29, 1.82) is 0 Å². The summed E-state index contributed by atoms with van der Waals surface area (Å²) >= 11 is 2.86. The van der Waals surface area contributed by atoms with Crippen LogP contribution in [0.5, 0.6) is 0 Å². The Balaban J connectivity index is 0.00000220. The van der Waals surface area contributed by atoms with Gasteiger partial charge in [0.2, 0.25) is 10.0 Å². The van der Waals surface area contributed by atoms with E-state index in [1.807, 2.05) is 6.92 Å². The quantitative estimate of drug-likeness (QED) is 0.760. The lowest BCUT2D eigenvalue weighted by atomic mass is 10.0. The van der Waals surface area contributed by atoms with E-state index in [9.17, 15) is 17.2 Å². The van der Waals surface area contributed by atoms with E-state index in [0.29, 0.717) is 12.5 Å². The maximum Gasteiger partial charge on any atom is 0.243 e. The largest absolute Gasteiger partial charge is 0.313 e. The third-order valence-electron chi connectivity index (χ3n) is 3.33. The van der Waals surface area contributed by atoms with Crippen molar-refractivity contribution in [1.82, 2.24) is 10.0 Å². The smallest absolute Gasteiger partial charge is 0.243 e. The number of nitrogens with one attached hydrogen (secondary N) is 2. The van der Waals surface area contributed by atoms with Crippen LogP contribution in [0.4, 0.5) is 8.78 Å². The maximum atomic E-state index is 13.7. The Morgan fingerprint density at radius 2 is 2.00 bits per heavy atom. The summed E-state index contributed by atoms with van der Waals surface area (Å²) in [6, 6.07) is 1.15. The Morgan fingerprint density at radius 3 is 2.62 bits per heavy atom. The van der Waals surface area contributed by atoms with E-state index in [4.69, 9.17) is 0 Å². The third-order valence-corrected chi connectivity index (χ3v) is 5.45. The molecule has 0 radical (unpaired) electrons. The number of hydrogen-bond acceptors (Lipinski definition) is 3. The molecular weight excluding hydrogens is 390 g/mol. The maximum absolute atomic E-state index is 13.7. The van der Waals surface area contributed by atoms with Crippen LogP contribution >= 0.6 is 28.3 Å². The summed E-state index contributed by atoms with van der Waals surface area (Å²) in [6.45, 7) is 2.69. The van der Waals surface area contributed by atoms with Crippen molar-refractivity contribution in [3.05, 3.63) is 28.2 Å². The second-order valence-corrected chi connectivity index (χ2v) is 7.35. The lowest BCUT2D eigenvalue weighted by molar-refractivity contribution is 0.348. The predicted molar refractivity (Wildman–Crippen MR) is 82.1 cm³/mol. The second kappa shape index (κ2) is 7.32. The average molecular weight is 406 g/mol. The van der Waals surface area contributed by atoms with Crippen LogP contribution in [0.3, 0.4) is 0 Å². The highest BCUT2D eigenvalue weighted by atomic mass is 79.9. The van der Waals surface area contributed by atoms with Gasteiger partial charge in [-0.05, 0) is 48.3 Å². The van der Waals surface area contributed by atoms with Gasteiger partial charge in [-0.15, -0.1) is 12.4 Å². The van der Waals surface area contributed by atoms with Gasteiger partial charge in [0, 0.05) is 18.2 Å². The van der Waals surface area contributed by atoms with Gasteiger partial charge in [-0.25, -0.2) is 21.9 Å². The first kappa shape index (κ1) is 18.8. The van der Waals surface area contributed by atoms with E-state index in [1.165, 1.54) is 0 Å². The van der Waals surface area contributed by atoms with Gasteiger partial charge in [0.15, 0.2) is 0 Å². The summed E-state index contributed by atoms with van der Waals surface area (Å²) in [6.07, 6.45) is 1.52. The summed E-state index contributed by atoms with van der Waals surface area (Å²) < 4.78 is 53.6. The fourth-order valence-corrected chi connectivity index (χ4v) is 4.11. The minimum absolute atomic E-state index is 0. The molecule has 21 heavy (non-hydrogen) atoms. The monoisotopic (exact) mass is 404 g/mol. The predicted octanol–water partition coefficient (Wildman–Crippen LogP) is 2.57. The molecule has 0 amide bonds. The van der Waals surface area contributed by atoms with E-state index in [1.54, 1.807) is 0 Å². The zero-order chi connectivity index (χ0) is 14.9. The minimum atomic E-state index is -4.02. The molecule has 1 aliphatic rings. The van der Waals surface area contributed by atoms with Gasteiger partial charge >= 0.3 is 0 Å². The molecule has 1 aliphatic heterocycles. The SMILES string of the molecule is CC1NCCCC1NS(=O)(=O)c1cc(Br)c(F)cc1F.Cl. The van der Waals surface area contributed by atoms with Gasteiger partial charge < -0.3 is 5.32 Å². The molecule has 1 heterocycles. The highest BCUT2D eigenvalue weighted by molar-refractivity contribution is 9.10. The van der Waals surface area contributed by atoms with Crippen molar-refractivity contribution >= 4 is 38.4 Å². The van der Waals surface area contributed by atoms with Crippen LogP contribution in [0.25, 0.3) is 0 Å². The van der Waals surface area contributed by atoms with Crippen LogP contribution in [-0.2, 0) is 10.0 Å². The number of rotatable bonds is 3. The molecule has 2 N–H and O–H groups in total. The highest BCUT2D eigenvalue weighted by Gasteiger charge is 2.28. The Hall–Kier alpha value is -0.280. The van der Waals surface area contributed by atoms with Crippen LogP contribution in [0.1, 0.15) is 19.8 Å². The standard InChI is InChI=1S/C12H15BrF2N2O2S.ClH/c1-7-11(3-2-4-16-7)17-20(18,19)12-5-8(13)9(14)6-10(12)15;/h5-7,11,16-17H,2-4H2,1H3;1H. The van der Waals surface area contributed by atoms with Crippen LogP contribution in [0.2, 0.25) is 0 Å². The molecule has 1 aromatic rings. The Morgan fingerprint density at radius 1 is 1.33 bits per heavy atom. The molecule has 120 valence electrons. The molecule has 0 bridgehead atoms. The number of benzene rings is 1. The molecule has 2 rings (SSSR count). The van der Waals surface area contributed by atoms with Gasteiger partial charge in [-0.1, -0.05) is 0 Å². The van der Waals surface area contributed by atoms with Gasteiger partial charge in [-0.2, -0.15) is 0 Å². The molecule has 1 fully saturated rings. The normalized spacial score (nSPS) is 22.7. The Labute approximate surface area is 137 Å². The van der Waals surface area contributed by atoms with Gasteiger partial charge in [-0.3, -0.25) is 0 Å². The van der Waals surface area contributed by atoms with Crippen LogP contribution < -0.4 is 10.0 Å². The van der Waals surface area contributed by atoms with Crippen LogP contribution in [0, 0.1) is 11.6 Å². The molecule has 0 saturated carbocycles. The Kier molecular flexibility index (Phi) is 6.54. The van der Waals surface area contributed by atoms with Crippen LogP contribution in [0.15, 0.2) is 21.5 Å². The zero-order valence-electron chi connectivity index (χ0n) is 11.2. The van der Waals surface area contributed by atoms with Crippen molar-refractivity contribution < 1.29 is 17.2 Å². The van der Waals surface area contributed by atoms with Gasteiger partial charge in [0.1, 0.15) is 16.5 Å². The van der Waals surface area contributed by atoms with E-state index in [2.05, 4.69) is 26.0 Å². The van der Waals surface area contributed by atoms with E-state index in [0.717, 1.165) is 19.0 Å². The lowest BCUT2D eigenvalue weighted by Crippen LogP contribution is -2.51. The highest BCUT2D eigenvalue weighted by Crippen LogP contribution is 2.24. The third kappa shape index (κ3) is 4.35. The molecule has 1 saturated heterocycles. The van der Waals surface area contributed by atoms with Crippen molar-refractivity contribution in [2.75, 3.05) is 6.54 Å². The first-order valence-corrected chi connectivity index (χ1v) is 8.49. The van der Waals surface area contributed by atoms with E-state index in [-0.39, 0.29) is 29.0 Å². The summed E-state index contributed by atoms with van der Waals surface area (Å²) in [4.78, 5) is -0.552. The molecule has 0 aliphatic carbocycles. The summed E-state index contributed by atoms with van der Waals surface area (Å²) in [5.74, 6) is -1.94. The summed E-state index contributed by atoms with van der Waals surface area (Å²) in [5, 5.41) is 3.15. The molecule has 0 aromatic heterocycles. The van der Waals surface area contributed by atoms with E-state index >= 15 is 0 Å². The lowest BCUT2D eigenvalue weighted by Gasteiger charge is -2.30. The molecular formula is C12H16BrClF2N2O2S. The summed E-state index contributed by atoms with van der Waals surface area (Å²) in [7, 11) is -4.02. The molecule has 2 unspecified atom stereocenters. The van der Waals surface area contributed by atoms with Crippen molar-refractivity contribution in [2.45, 2.75) is 36.7 Å².